The van der Waals surface area contributed by atoms with Gasteiger partial charge in [-0.1, -0.05) is 34.8 Å². The molecule has 1 heterocycles. The molecule has 0 bridgehead atoms. The maximum absolute atomic E-state index is 13.0. The van der Waals surface area contributed by atoms with Gasteiger partial charge in [0.2, 0.25) is 0 Å². The van der Waals surface area contributed by atoms with Gasteiger partial charge in [-0.05, 0) is 66.7 Å². The van der Waals surface area contributed by atoms with Crippen molar-refractivity contribution >= 4 is 64.0 Å². The second kappa shape index (κ2) is 9.23. The average molecular weight is 506 g/mol. The number of hydrogen-bond acceptors (Lipinski definition) is 5. The number of ether oxygens (including phenoxy) is 1. The average Bonchev–Trinajstić information content (AvgIpc) is 3.01. The first-order valence-corrected chi connectivity index (χ1v) is 10.5. The molecule has 0 aromatic heterocycles. The van der Waals surface area contributed by atoms with Crippen molar-refractivity contribution in [2.75, 3.05) is 10.2 Å². The van der Waals surface area contributed by atoms with E-state index in [0.29, 0.717) is 5.69 Å². The van der Waals surface area contributed by atoms with Crippen LogP contribution in [0.2, 0.25) is 10.0 Å². The monoisotopic (exact) mass is 504 g/mol. The molecule has 0 radical (unpaired) electrons. The second-order valence-electron chi connectivity index (χ2n) is 6.78. The summed E-state index contributed by atoms with van der Waals surface area (Å²) in [6.07, 6.45) is 0. The summed E-state index contributed by atoms with van der Waals surface area (Å²) < 4.78 is 18.1. The lowest BCUT2D eigenvalue weighted by molar-refractivity contribution is -0.120. The predicted octanol–water partition coefficient (Wildman–Crippen LogP) is 5.79. The molecule has 0 atom stereocenters. The van der Waals surface area contributed by atoms with Gasteiger partial charge in [-0.15, -0.1) is 0 Å². The largest absolute Gasteiger partial charge is 0.423 e. The topological polar surface area (TPSA) is 75.7 Å². The molecule has 3 aromatic rings. The minimum atomic E-state index is -0.720. The third kappa shape index (κ3) is 4.71. The first-order chi connectivity index (χ1) is 15.7. The number of benzene rings is 3. The van der Waals surface area contributed by atoms with Crippen molar-refractivity contribution in [2.45, 2.75) is 0 Å². The van der Waals surface area contributed by atoms with Gasteiger partial charge in [-0.3, -0.25) is 9.59 Å². The van der Waals surface area contributed by atoms with E-state index in [1.165, 1.54) is 66.7 Å². The number of esters is 1. The number of imide groups is 1. The van der Waals surface area contributed by atoms with E-state index < -0.39 is 23.6 Å². The molecule has 0 aliphatic carbocycles. The molecular formula is C23H12Cl3FN2O4. The Morgan fingerprint density at radius 3 is 2.15 bits per heavy atom. The van der Waals surface area contributed by atoms with Crippen molar-refractivity contribution in [3.05, 3.63) is 98.9 Å². The lowest BCUT2D eigenvalue weighted by Gasteiger charge is -2.15. The van der Waals surface area contributed by atoms with Gasteiger partial charge < -0.3 is 10.1 Å². The summed E-state index contributed by atoms with van der Waals surface area (Å²) in [5.41, 5.74) is 0.706. The number of amides is 2. The summed E-state index contributed by atoms with van der Waals surface area (Å²) in [5.74, 6) is -2.30. The molecule has 1 N–H and O–H groups in total. The Morgan fingerprint density at radius 2 is 1.52 bits per heavy atom. The zero-order valence-electron chi connectivity index (χ0n) is 16.4. The van der Waals surface area contributed by atoms with Crippen LogP contribution in [0.1, 0.15) is 10.4 Å². The van der Waals surface area contributed by atoms with E-state index in [4.69, 9.17) is 39.5 Å². The SMILES string of the molecule is O=C(Oc1ccc(F)cc1)c1ccc(NC2=C(Cl)C(=O)N(c3ccc(Cl)c(Cl)c3)C2=O)cc1. The lowest BCUT2D eigenvalue weighted by atomic mass is 10.2. The van der Waals surface area contributed by atoms with Gasteiger partial charge in [0.05, 0.1) is 21.3 Å². The summed E-state index contributed by atoms with van der Waals surface area (Å²) in [6, 6.07) is 15.3. The van der Waals surface area contributed by atoms with Gasteiger partial charge in [0.15, 0.2) is 0 Å². The van der Waals surface area contributed by atoms with Crippen LogP contribution in [0, 0.1) is 5.82 Å². The molecule has 0 unspecified atom stereocenters. The van der Waals surface area contributed by atoms with Crippen molar-refractivity contribution < 1.29 is 23.5 Å². The Bertz CT molecular complexity index is 1310. The highest BCUT2D eigenvalue weighted by atomic mass is 35.5. The number of halogens is 4. The van der Waals surface area contributed by atoms with Gasteiger partial charge in [0.25, 0.3) is 11.8 Å². The smallest absolute Gasteiger partial charge is 0.343 e. The zero-order chi connectivity index (χ0) is 23.7. The van der Waals surface area contributed by atoms with Crippen LogP contribution in [0.3, 0.4) is 0 Å². The lowest BCUT2D eigenvalue weighted by Crippen LogP contribution is -2.32. The number of rotatable bonds is 5. The van der Waals surface area contributed by atoms with E-state index in [-0.39, 0.29) is 37.8 Å². The molecule has 33 heavy (non-hydrogen) atoms. The van der Waals surface area contributed by atoms with Crippen LogP contribution in [0.4, 0.5) is 15.8 Å². The summed E-state index contributed by atoms with van der Waals surface area (Å²) in [5, 5.41) is 2.95. The zero-order valence-corrected chi connectivity index (χ0v) is 18.7. The van der Waals surface area contributed by atoms with Crippen LogP contribution in [-0.4, -0.2) is 17.8 Å². The Labute approximate surface area is 202 Å². The molecular weight excluding hydrogens is 494 g/mol. The van der Waals surface area contributed by atoms with E-state index in [2.05, 4.69) is 5.32 Å². The van der Waals surface area contributed by atoms with Crippen LogP contribution < -0.4 is 15.0 Å². The quantitative estimate of drug-likeness (QED) is 0.270. The highest BCUT2D eigenvalue weighted by Gasteiger charge is 2.39. The van der Waals surface area contributed by atoms with Crippen molar-refractivity contribution in [3.63, 3.8) is 0 Å². The first-order valence-electron chi connectivity index (χ1n) is 9.33. The molecule has 0 saturated heterocycles. The van der Waals surface area contributed by atoms with Crippen molar-refractivity contribution in [1.82, 2.24) is 0 Å². The minimum absolute atomic E-state index is 0.130. The Kier molecular flexibility index (Phi) is 6.37. The van der Waals surface area contributed by atoms with Gasteiger partial charge >= 0.3 is 5.97 Å². The Morgan fingerprint density at radius 1 is 0.848 bits per heavy atom. The maximum Gasteiger partial charge on any atom is 0.343 e. The number of nitrogens with one attached hydrogen (secondary N) is 1. The third-order valence-electron chi connectivity index (χ3n) is 4.60. The second-order valence-corrected chi connectivity index (χ2v) is 7.97. The highest BCUT2D eigenvalue weighted by molar-refractivity contribution is 6.53. The molecule has 1 aliphatic rings. The number of hydrogen-bond donors (Lipinski definition) is 1. The molecule has 2 amide bonds. The normalized spacial score (nSPS) is 13.5. The predicted molar refractivity (Wildman–Crippen MR) is 123 cm³/mol. The Hall–Kier alpha value is -3.39. The molecule has 1 aliphatic heterocycles. The summed E-state index contributed by atoms with van der Waals surface area (Å²) in [7, 11) is 0. The van der Waals surface area contributed by atoms with Crippen molar-refractivity contribution in [3.8, 4) is 5.75 Å². The highest BCUT2D eigenvalue weighted by Crippen LogP contribution is 2.33. The van der Waals surface area contributed by atoms with Crippen molar-refractivity contribution in [2.24, 2.45) is 0 Å². The summed E-state index contributed by atoms with van der Waals surface area (Å²) >= 11 is 18.0. The van der Waals surface area contributed by atoms with Crippen LogP contribution in [0.15, 0.2) is 77.5 Å². The molecule has 0 spiro atoms. The molecule has 0 saturated carbocycles. The fourth-order valence-corrected chi connectivity index (χ4v) is 3.48. The van der Waals surface area contributed by atoms with Crippen LogP contribution in [-0.2, 0) is 9.59 Å². The number of anilines is 2. The van der Waals surface area contributed by atoms with E-state index >= 15 is 0 Å². The maximum atomic E-state index is 13.0. The summed E-state index contributed by atoms with van der Waals surface area (Å²) in [6.45, 7) is 0. The molecule has 3 aromatic carbocycles. The third-order valence-corrected chi connectivity index (χ3v) is 5.69. The van der Waals surface area contributed by atoms with Crippen LogP contribution >= 0.6 is 34.8 Å². The van der Waals surface area contributed by atoms with E-state index in [1.807, 2.05) is 0 Å². The standard InChI is InChI=1S/C23H12Cl3FN2O4/c24-17-10-7-15(11-18(17)25)29-21(30)19(26)20(22(29)31)28-14-5-1-12(2-6-14)23(32)33-16-8-3-13(27)4-9-16/h1-11,28H. The van der Waals surface area contributed by atoms with Gasteiger partial charge in [-0.2, -0.15) is 0 Å². The molecule has 166 valence electrons. The minimum Gasteiger partial charge on any atom is -0.423 e. The van der Waals surface area contributed by atoms with Gasteiger partial charge in [0, 0.05) is 5.69 Å². The summed E-state index contributed by atoms with van der Waals surface area (Å²) in [4.78, 5) is 38.6. The number of carbonyl (C=O) groups excluding carboxylic acids is 3. The molecule has 4 rings (SSSR count). The fraction of sp³-hybridized carbons (Fsp3) is 0. The van der Waals surface area contributed by atoms with Gasteiger partial charge in [-0.25, -0.2) is 14.1 Å². The van der Waals surface area contributed by atoms with E-state index in [9.17, 15) is 18.8 Å². The first kappa shape index (κ1) is 22.8. The number of nitrogens with zero attached hydrogens (tertiary/aromatic N) is 1. The molecule has 6 nitrogen and oxygen atoms in total. The molecule has 10 heteroatoms. The van der Waals surface area contributed by atoms with Crippen LogP contribution in [0.25, 0.3) is 0 Å². The Balaban J connectivity index is 1.48. The molecule has 0 fully saturated rings. The van der Waals surface area contributed by atoms with Gasteiger partial charge in [0.1, 0.15) is 22.3 Å². The fourth-order valence-electron chi connectivity index (χ4n) is 2.97. The van der Waals surface area contributed by atoms with E-state index in [1.54, 1.807) is 0 Å². The van der Waals surface area contributed by atoms with E-state index in [0.717, 1.165) is 4.90 Å². The van der Waals surface area contributed by atoms with Crippen LogP contribution in [0.5, 0.6) is 5.75 Å². The number of carbonyl (C=O) groups is 3. The van der Waals surface area contributed by atoms with Crippen molar-refractivity contribution in [1.29, 1.82) is 0 Å².